The predicted molar refractivity (Wildman–Crippen MR) is 123 cm³/mol. The summed E-state index contributed by atoms with van der Waals surface area (Å²) in [6.07, 6.45) is 5.56. The number of thioether (sulfide) groups is 1. The Bertz CT molecular complexity index is 881. The third kappa shape index (κ3) is 7.73. The average Bonchev–Trinajstić information content (AvgIpc) is 3.47. The lowest BCUT2D eigenvalue weighted by molar-refractivity contribution is -0.145. The number of carbonyl (C=O) groups is 5. The van der Waals surface area contributed by atoms with E-state index in [1.165, 1.54) is 29.2 Å². The molecule has 2 heterocycles. The zero-order chi connectivity index (χ0) is 25.3. The van der Waals surface area contributed by atoms with Gasteiger partial charge in [0.2, 0.25) is 23.6 Å². The van der Waals surface area contributed by atoms with Crippen molar-refractivity contribution >= 4 is 41.4 Å². The second-order valence-electron chi connectivity index (χ2n) is 7.99. The van der Waals surface area contributed by atoms with Crippen LogP contribution in [0.4, 0.5) is 0 Å². The van der Waals surface area contributed by atoms with E-state index in [9.17, 15) is 29.1 Å². The number of amides is 4. The Morgan fingerprint density at radius 2 is 2.03 bits per heavy atom. The lowest BCUT2D eigenvalue weighted by atomic mass is 10.1. The molecule has 1 aliphatic rings. The van der Waals surface area contributed by atoms with Crippen molar-refractivity contribution in [3.05, 3.63) is 18.2 Å². The minimum absolute atomic E-state index is 0.00585. The van der Waals surface area contributed by atoms with Crippen molar-refractivity contribution in [3.63, 3.8) is 0 Å². The number of imidazole rings is 1. The van der Waals surface area contributed by atoms with E-state index in [4.69, 9.17) is 11.5 Å². The van der Waals surface area contributed by atoms with Gasteiger partial charge in [0.25, 0.3) is 0 Å². The molecule has 0 aliphatic carbocycles. The second-order valence-corrected chi connectivity index (χ2v) is 8.98. The fraction of sp³-hybridized carbons (Fsp3) is 0.600. The molecule has 0 aromatic carbocycles. The predicted octanol–water partition coefficient (Wildman–Crippen LogP) is -2.05. The number of likely N-dealkylation sites (tertiary alicyclic amines) is 1. The fourth-order valence-corrected chi connectivity index (χ4v) is 4.14. The molecular weight excluding hydrogens is 466 g/mol. The van der Waals surface area contributed by atoms with Gasteiger partial charge in [-0.1, -0.05) is 0 Å². The Balaban J connectivity index is 2.09. The lowest BCUT2D eigenvalue weighted by Crippen LogP contribution is -2.57. The molecule has 0 saturated carbocycles. The number of nitrogens with one attached hydrogen (secondary N) is 3. The molecule has 0 radical (unpaired) electrons. The molecule has 0 spiro atoms. The summed E-state index contributed by atoms with van der Waals surface area (Å²) in [6, 6.07) is -4.22. The van der Waals surface area contributed by atoms with Gasteiger partial charge < -0.3 is 37.1 Å². The van der Waals surface area contributed by atoms with E-state index < -0.39 is 53.8 Å². The smallest absolute Gasteiger partial charge is 0.326 e. The zero-order valence-electron chi connectivity index (χ0n) is 18.9. The van der Waals surface area contributed by atoms with Gasteiger partial charge in [-0.2, -0.15) is 11.8 Å². The van der Waals surface area contributed by atoms with Gasteiger partial charge >= 0.3 is 5.97 Å². The van der Waals surface area contributed by atoms with Crippen molar-refractivity contribution in [1.82, 2.24) is 25.5 Å². The normalized spacial score (nSPS) is 18.1. The summed E-state index contributed by atoms with van der Waals surface area (Å²) in [7, 11) is 0. The van der Waals surface area contributed by atoms with Gasteiger partial charge in [0.15, 0.2) is 0 Å². The Morgan fingerprint density at radius 3 is 2.62 bits per heavy atom. The summed E-state index contributed by atoms with van der Waals surface area (Å²) in [6.45, 7) is 0.286. The highest BCUT2D eigenvalue weighted by Crippen LogP contribution is 2.20. The van der Waals surface area contributed by atoms with Crippen LogP contribution < -0.4 is 22.1 Å². The van der Waals surface area contributed by atoms with E-state index in [-0.39, 0.29) is 25.8 Å². The maximum absolute atomic E-state index is 13.3. The van der Waals surface area contributed by atoms with Crippen LogP contribution in [0.2, 0.25) is 0 Å². The Hall–Kier alpha value is -3.13. The maximum Gasteiger partial charge on any atom is 0.326 e. The van der Waals surface area contributed by atoms with E-state index >= 15 is 0 Å². The van der Waals surface area contributed by atoms with Crippen molar-refractivity contribution < 1.29 is 29.1 Å². The number of hydrogen-bond acceptors (Lipinski definition) is 8. The number of aromatic nitrogens is 2. The number of carbonyl (C=O) groups excluding carboxylic acids is 4. The molecule has 14 heteroatoms. The van der Waals surface area contributed by atoms with Crippen LogP contribution >= 0.6 is 11.8 Å². The molecule has 8 N–H and O–H groups in total. The van der Waals surface area contributed by atoms with E-state index in [2.05, 4.69) is 20.6 Å². The summed E-state index contributed by atoms with van der Waals surface area (Å²) in [4.78, 5) is 69.3. The molecule has 4 atom stereocenters. The first-order valence-corrected chi connectivity index (χ1v) is 12.2. The molecule has 13 nitrogen and oxygen atoms in total. The number of primary amides is 1. The SMILES string of the molecule is CSCCC(NC(=O)C(N)CC(N)=O)C(=O)N1CCCC1C(=O)NC(Cc1cnc[nH]1)C(=O)O. The quantitative estimate of drug-likeness (QED) is 0.177. The first kappa shape index (κ1) is 27.1. The molecule has 1 fully saturated rings. The molecule has 2 rings (SSSR count). The lowest BCUT2D eigenvalue weighted by Gasteiger charge is -2.30. The third-order valence-corrected chi connectivity index (χ3v) is 6.06. The first-order chi connectivity index (χ1) is 16.1. The number of nitrogens with two attached hydrogens (primary N) is 2. The standard InChI is InChI=1S/C20H31N7O6S/c1-34-6-4-13(25-17(29)12(21)8-16(22)28)19(31)27-5-2-3-15(27)18(30)26-14(20(32)33)7-11-9-23-10-24-11/h9-10,12-15H,2-8,21H2,1H3,(H2,22,28)(H,23,24)(H,25,29)(H,26,30)(H,32,33). The minimum atomic E-state index is -1.22. The van der Waals surface area contributed by atoms with Gasteiger partial charge in [-0.3, -0.25) is 19.2 Å². The molecule has 4 amide bonds. The molecule has 1 aromatic rings. The van der Waals surface area contributed by atoms with E-state index in [1.807, 2.05) is 6.26 Å². The summed E-state index contributed by atoms with van der Waals surface area (Å²) in [5, 5.41) is 14.6. The Morgan fingerprint density at radius 1 is 1.29 bits per heavy atom. The highest BCUT2D eigenvalue weighted by Gasteiger charge is 2.39. The highest BCUT2D eigenvalue weighted by atomic mass is 32.2. The number of aliphatic carboxylic acids is 1. The molecule has 188 valence electrons. The maximum atomic E-state index is 13.3. The number of aromatic amines is 1. The number of hydrogen-bond donors (Lipinski definition) is 6. The molecule has 1 aromatic heterocycles. The first-order valence-electron chi connectivity index (χ1n) is 10.8. The summed E-state index contributed by atoms with van der Waals surface area (Å²) in [5.74, 6) is -3.15. The van der Waals surface area contributed by atoms with Gasteiger partial charge in [0.05, 0.1) is 18.8 Å². The second kappa shape index (κ2) is 12.9. The molecule has 34 heavy (non-hydrogen) atoms. The Labute approximate surface area is 200 Å². The number of carboxylic acid groups (broad SMARTS) is 1. The van der Waals surface area contributed by atoms with Crippen LogP contribution in [0, 0.1) is 0 Å². The number of carboxylic acids is 1. The average molecular weight is 498 g/mol. The van der Waals surface area contributed by atoms with Crippen molar-refractivity contribution in [3.8, 4) is 0 Å². The van der Waals surface area contributed by atoms with E-state index in [0.717, 1.165) is 0 Å². The molecular formula is C20H31N7O6S. The van der Waals surface area contributed by atoms with Crippen LogP contribution in [0.25, 0.3) is 0 Å². The van der Waals surface area contributed by atoms with Crippen LogP contribution in [0.3, 0.4) is 0 Å². The van der Waals surface area contributed by atoms with Gasteiger partial charge in [0.1, 0.15) is 18.1 Å². The number of nitrogens with zero attached hydrogens (tertiary/aromatic N) is 2. The monoisotopic (exact) mass is 497 g/mol. The molecule has 1 aliphatic heterocycles. The van der Waals surface area contributed by atoms with Crippen LogP contribution in [-0.4, -0.2) is 92.3 Å². The van der Waals surface area contributed by atoms with E-state index in [0.29, 0.717) is 24.3 Å². The molecule has 1 saturated heterocycles. The van der Waals surface area contributed by atoms with Gasteiger partial charge in [-0.05, 0) is 31.3 Å². The van der Waals surface area contributed by atoms with Crippen molar-refractivity contribution in [2.75, 3.05) is 18.6 Å². The minimum Gasteiger partial charge on any atom is -0.480 e. The topological polar surface area (TPSA) is 214 Å². The molecule has 4 unspecified atom stereocenters. The third-order valence-electron chi connectivity index (χ3n) is 5.42. The fourth-order valence-electron chi connectivity index (χ4n) is 3.67. The van der Waals surface area contributed by atoms with Crippen LogP contribution in [-0.2, 0) is 30.4 Å². The van der Waals surface area contributed by atoms with Crippen LogP contribution in [0.1, 0.15) is 31.4 Å². The zero-order valence-corrected chi connectivity index (χ0v) is 19.7. The van der Waals surface area contributed by atoms with Gasteiger partial charge in [-0.25, -0.2) is 9.78 Å². The Kier molecular flexibility index (Phi) is 10.3. The number of rotatable bonds is 13. The van der Waals surface area contributed by atoms with Crippen molar-refractivity contribution in [2.45, 2.75) is 56.3 Å². The number of H-pyrrole nitrogens is 1. The van der Waals surface area contributed by atoms with Crippen molar-refractivity contribution in [1.29, 1.82) is 0 Å². The largest absolute Gasteiger partial charge is 0.480 e. The summed E-state index contributed by atoms with van der Waals surface area (Å²) in [5.41, 5.74) is 11.3. The van der Waals surface area contributed by atoms with Crippen LogP contribution in [0.5, 0.6) is 0 Å². The summed E-state index contributed by atoms with van der Waals surface area (Å²) >= 11 is 1.48. The van der Waals surface area contributed by atoms with E-state index in [1.54, 1.807) is 0 Å². The molecule has 0 bridgehead atoms. The van der Waals surface area contributed by atoms with Gasteiger partial charge in [-0.15, -0.1) is 0 Å². The summed E-state index contributed by atoms with van der Waals surface area (Å²) < 4.78 is 0. The van der Waals surface area contributed by atoms with Gasteiger partial charge in [0, 0.05) is 24.9 Å². The highest BCUT2D eigenvalue weighted by molar-refractivity contribution is 7.98. The van der Waals surface area contributed by atoms with Crippen LogP contribution in [0.15, 0.2) is 12.5 Å². The van der Waals surface area contributed by atoms with Crippen molar-refractivity contribution in [2.24, 2.45) is 11.5 Å².